The summed E-state index contributed by atoms with van der Waals surface area (Å²) in [5.74, 6) is -0.965. The Balaban J connectivity index is 2.20. The number of anilines is 1. The minimum atomic E-state index is -0.521. The molecular formula is C14H19FN2O2. The lowest BCUT2D eigenvalue weighted by atomic mass is 9.94. The molecule has 0 bridgehead atoms. The number of ether oxygens (including phenoxy) is 1. The smallest absolute Gasteiger partial charge is 0.254 e. The summed E-state index contributed by atoms with van der Waals surface area (Å²) in [4.78, 5) is 12.2. The first-order chi connectivity index (χ1) is 8.91. The zero-order chi connectivity index (χ0) is 14.0. The number of nitrogens with one attached hydrogen (secondary N) is 1. The Hall–Kier alpha value is -1.62. The normalized spacial score (nSPS) is 23.1. The highest BCUT2D eigenvalue weighted by atomic mass is 19.1. The molecule has 2 rings (SSSR count). The molecule has 1 atom stereocenters. The lowest BCUT2D eigenvalue weighted by Gasteiger charge is -2.34. The summed E-state index contributed by atoms with van der Waals surface area (Å²) < 4.78 is 19.3. The van der Waals surface area contributed by atoms with Gasteiger partial charge in [0.2, 0.25) is 0 Å². The fourth-order valence-electron chi connectivity index (χ4n) is 2.34. The van der Waals surface area contributed by atoms with Gasteiger partial charge in [-0.1, -0.05) is 0 Å². The van der Waals surface area contributed by atoms with Crippen LogP contribution in [-0.4, -0.2) is 24.7 Å². The number of hydrogen-bond acceptors (Lipinski definition) is 3. The van der Waals surface area contributed by atoms with E-state index in [0.717, 1.165) is 12.8 Å². The topological polar surface area (TPSA) is 64.4 Å². The molecule has 1 aromatic carbocycles. The summed E-state index contributed by atoms with van der Waals surface area (Å²) in [5.41, 5.74) is 5.96. The summed E-state index contributed by atoms with van der Waals surface area (Å²) in [6.45, 7) is 4.65. The van der Waals surface area contributed by atoms with Gasteiger partial charge < -0.3 is 15.8 Å². The van der Waals surface area contributed by atoms with Crippen LogP contribution in [0.5, 0.6) is 0 Å². The Morgan fingerprint density at radius 1 is 1.53 bits per heavy atom. The van der Waals surface area contributed by atoms with Gasteiger partial charge in [-0.05, 0) is 44.4 Å². The fourth-order valence-corrected chi connectivity index (χ4v) is 2.34. The molecule has 0 radical (unpaired) electrons. The fraction of sp³-hybridized carbons (Fsp3) is 0.500. The molecule has 1 aliphatic heterocycles. The van der Waals surface area contributed by atoms with E-state index < -0.39 is 17.3 Å². The molecule has 0 aliphatic carbocycles. The van der Waals surface area contributed by atoms with Crippen LogP contribution in [0.25, 0.3) is 0 Å². The maximum atomic E-state index is 14.0. The van der Waals surface area contributed by atoms with Gasteiger partial charge >= 0.3 is 0 Å². The van der Waals surface area contributed by atoms with Crippen LogP contribution < -0.4 is 11.1 Å². The van der Waals surface area contributed by atoms with Crippen LogP contribution in [0.1, 0.15) is 35.7 Å². The molecule has 5 heteroatoms. The number of nitrogens with two attached hydrogens (primary N) is 1. The van der Waals surface area contributed by atoms with E-state index in [2.05, 4.69) is 5.32 Å². The van der Waals surface area contributed by atoms with E-state index in [0.29, 0.717) is 24.5 Å². The number of carbonyl (C=O) groups excluding carboxylic acids is 1. The summed E-state index contributed by atoms with van der Waals surface area (Å²) in [7, 11) is 0. The largest absolute Gasteiger partial charge is 0.399 e. The van der Waals surface area contributed by atoms with Gasteiger partial charge in [0.1, 0.15) is 5.82 Å². The van der Waals surface area contributed by atoms with Crippen molar-refractivity contribution in [2.24, 2.45) is 0 Å². The molecule has 0 spiro atoms. The molecule has 1 amide bonds. The Kier molecular flexibility index (Phi) is 3.75. The first kappa shape index (κ1) is 13.8. The molecule has 4 nitrogen and oxygen atoms in total. The molecule has 1 aliphatic rings. The van der Waals surface area contributed by atoms with E-state index in [-0.39, 0.29) is 5.56 Å². The molecule has 0 aromatic heterocycles. The maximum absolute atomic E-state index is 14.0. The Bertz CT molecular complexity index is 496. The molecule has 1 fully saturated rings. The highest BCUT2D eigenvalue weighted by Gasteiger charge is 2.30. The van der Waals surface area contributed by atoms with E-state index >= 15 is 0 Å². The number of halogens is 1. The molecule has 1 aromatic rings. The van der Waals surface area contributed by atoms with Gasteiger partial charge in [-0.3, -0.25) is 4.79 Å². The van der Waals surface area contributed by atoms with Crippen molar-refractivity contribution in [1.29, 1.82) is 0 Å². The third-order valence-corrected chi connectivity index (χ3v) is 3.37. The predicted molar refractivity (Wildman–Crippen MR) is 71.5 cm³/mol. The SMILES string of the molecule is Cc1cc(N)cc(C(=O)NC2(C)CCCOC2)c1F. The Labute approximate surface area is 112 Å². The minimum Gasteiger partial charge on any atom is -0.399 e. The van der Waals surface area contributed by atoms with Crippen molar-refractivity contribution in [2.75, 3.05) is 18.9 Å². The van der Waals surface area contributed by atoms with Crippen LogP contribution in [-0.2, 0) is 4.74 Å². The first-order valence-corrected chi connectivity index (χ1v) is 6.37. The number of hydrogen-bond donors (Lipinski definition) is 2. The zero-order valence-corrected chi connectivity index (χ0v) is 11.3. The van der Waals surface area contributed by atoms with Crippen LogP contribution in [0.4, 0.5) is 10.1 Å². The van der Waals surface area contributed by atoms with Crippen molar-refractivity contribution in [2.45, 2.75) is 32.2 Å². The van der Waals surface area contributed by atoms with E-state index in [4.69, 9.17) is 10.5 Å². The van der Waals surface area contributed by atoms with Crippen molar-refractivity contribution < 1.29 is 13.9 Å². The average molecular weight is 266 g/mol. The van der Waals surface area contributed by atoms with Crippen molar-refractivity contribution in [3.8, 4) is 0 Å². The van der Waals surface area contributed by atoms with Gasteiger partial charge in [0.05, 0.1) is 17.7 Å². The van der Waals surface area contributed by atoms with E-state index in [1.807, 2.05) is 6.92 Å². The molecule has 104 valence electrons. The first-order valence-electron chi connectivity index (χ1n) is 6.37. The maximum Gasteiger partial charge on any atom is 0.254 e. The zero-order valence-electron chi connectivity index (χ0n) is 11.3. The van der Waals surface area contributed by atoms with Crippen molar-refractivity contribution in [3.63, 3.8) is 0 Å². The van der Waals surface area contributed by atoms with Crippen molar-refractivity contribution >= 4 is 11.6 Å². The highest BCUT2D eigenvalue weighted by Crippen LogP contribution is 2.21. The van der Waals surface area contributed by atoms with Gasteiger partial charge in [-0.2, -0.15) is 0 Å². The third kappa shape index (κ3) is 3.04. The number of nitrogen functional groups attached to an aromatic ring is 1. The van der Waals surface area contributed by atoms with Crippen LogP contribution in [0.2, 0.25) is 0 Å². The van der Waals surface area contributed by atoms with E-state index in [1.54, 1.807) is 6.92 Å². The average Bonchev–Trinajstić information content (AvgIpc) is 2.34. The Morgan fingerprint density at radius 3 is 2.89 bits per heavy atom. The summed E-state index contributed by atoms with van der Waals surface area (Å²) >= 11 is 0. The molecule has 0 saturated carbocycles. The van der Waals surface area contributed by atoms with Crippen LogP contribution >= 0.6 is 0 Å². The second-order valence-corrected chi connectivity index (χ2v) is 5.37. The number of benzene rings is 1. The van der Waals surface area contributed by atoms with Crippen molar-refractivity contribution in [1.82, 2.24) is 5.32 Å². The number of rotatable bonds is 2. The number of carbonyl (C=O) groups is 1. The highest BCUT2D eigenvalue weighted by molar-refractivity contribution is 5.96. The minimum absolute atomic E-state index is 0.00991. The summed E-state index contributed by atoms with van der Waals surface area (Å²) in [6, 6.07) is 2.88. The second kappa shape index (κ2) is 5.17. The van der Waals surface area contributed by atoms with Crippen LogP contribution in [0.3, 0.4) is 0 Å². The standard InChI is InChI=1S/C14H19FN2O2/c1-9-6-10(16)7-11(12(9)15)13(18)17-14(2)4-3-5-19-8-14/h6-7H,3-5,8,16H2,1-2H3,(H,17,18). The lowest BCUT2D eigenvalue weighted by Crippen LogP contribution is -2.51. The second-order valence-electron chi connectivity index (χ2n) is 5.37. The molecule has 1 unspecified atom stereocenters. The molecule has 19 heavy (non-hydrogen) atoms. The van der Waals surface area contributed by atoms with Gasteiger partial charge in [-0.25, -0.2) is 4.39 Å². The van der Waals surface area contributed by atoms with Crippen molar-refractivity contribution in [3.05, 3.63) is 29.1 Å². The van der Waals surface area contributed by atoms with E-state index in [1.165, 1.54) is 12.1 Å². The van der Waals surface area contributed by atoms with Gasteiger partial charge in [0, 0.05) is 12.3 Å². The summed E-state index contributed by atoms with van der Waals surface area (Å²) in [6.07, 6.45) is 1.71. The molecule has 3 N–H and O–H groups in total. The third-order valence-electron chi connectivity index (χ3n) is 3.37. The quantitative estimate of drug-likeness (QED) is 0.805. The van der Waals surface area contributed by atoms with E-state index in [9.17, 15) is 9.18 Å². The van der Waals surface area contributed by atoms with Crippen LogP contribution in [0, 0.1) is 12.7 Å². The monoisotopic (exact) mass is 266 g/mol. The molecule has 1 saturated heterocycles. The Morgan fingerprint density at radius 2 is 2.26 bits per heavy atom. The lowest BCUT2D eigenvalue weighted by molar-refractivity contribution is 0.0271. The number of amides is 1. The molecule has 1 heterocycles. The van der Waals surface area contributed by atoms with Gasteiger partial charge in [-0.15, -0.1) is 0 Å². The van der Waals surface area contributed by atoms with Gasteiger partial charge in [0.25, 0.3) is 5.91 Å². The van der Waals surface area contributed by atoms with Gasteiger partial charge in [0.15, 0.2) is 0 Å². The summed E-state index contributed by atoms with van der Waals surface area (Å²) in [5, 5.41) is 2.85. The molecular weight excluding hydrogens is 247 g/mol. The van der Waals surface area contributed by atoms with Crippen LogP contribution in [0.15, 0.2) is 12.1 Å². The number of aryl methyl sites for hydroxylation is 1. The predicted octanol–water partition coefficient (Wildman–Crippen LogP) is 2.02.